The molecule has 184 valence electrons. The van der Waals surface area contributed by atoms with Crippen LogP contribution in [0.15, 0.2) is 97.1 Å². The second-order valence-electron chi connectivity index (χ2n) is 12.4. The molecular formula is C37H26N2. The largest absolute Gasteiger partial charge is 0.309 e. The van der Waals surface area contributed by atoms with Crippen molar-refractivity contribution in [3.05, 3.63) is 119 Å². The van der Waals surface area contributed by atoms with E-state index in [1.165, 1.54) is 86.2 Å². The van der Waals surface area contributed by atoms with Gasteiger partial charge in [0.1, 0.15) is 0 Å². The van der Waals surface area contributed by atoms with Crippen LogP contribution in [0.25, 0.3) is 55.0 Å². The summed E-state index contributed by atoms with van der Waals surface area (Å²) in [6.07, 6.45) is 5.22. The van der Waals surface area contributed by atoms with E-state index >= 15 is 0 Å². The van der Waals surface area contributed by atoms with E-state index in [1.807, 2.05) is 0 Å². The molecule has 2 aliphatic heterocycles. The summed E-state index contributed by atoms with van der Waals surface area (Å²) in [5.74, 6) is 1.36. The second kappa shape index (κ2) is 6.29. The van der Waals surface area contributed by atoms with Gasteiger partial charge in [0.2, 0.25) is 0 Å². The van der Waals surface area contributed by atoms with E-state index in [1.54, 1.807) is 16.7 Å². The van der Waals surface area contributed by atoms with Crippen molar-refractivity contribution in [2.24, 2.45) is 11.8 Å². The second-order valence-corrected chi connectivity index (χ2v) is 12.4. The molecule has 39 heavy (non-hydrogen) atoms. The monoisotopic (exact) mass is 498 g/mol. The maximum absolute atomic E-state index is 2.63. The molecule has 1 saturated carbocycles. The number of benzene rings is 5. The maximum Gasteiger partial charge on any atom is 0.0588 e. The van der Waals surface area contributed by atoms with Gasteiger partial charge in [0.05, 0.1) is 38.9 Å². The Hall–Kier alpha value is -4.30. The molecule has 0 bridgehead atoms. The van der Waals surface area contributed by atoms with Gasteiger partial charge < -0.3 is 9.13 Å². The fraction of sp³-hybridized carbons (Fsp3) is 0.189. The molecule has 3 unspecified atom stereocenters. The van der Waals surface area contributed by atoms with Gasteiger partial charge in [0, 0.05) is 27.1 Å². The first-order valence-corrected chi connectivity index (χ1v) is 14.6. The lowest BCUT2D eigenvalue weighted by atomic mass is 9.52. The molecule has 2 heteroatoms. The van der Waals surface area contributed by atoms with Crippen LogP contribution in [0.4, 0.5) is 0 Å². The minimum Gasteiger partial charge on any atom is -0.309 e. The van der Waals surface area contributed by atoms with E-state index < -0.39 is 0 Å². The van der Waals surface area contributed by atoms with Gasteiger partial charge in [-0.2, -0.15) is 0 Å². The van der Waals surface area contributed by atoms with E-state index in [0.717, 1.165) is 5.92 Å². The first kappa shape index (κ1) is 19.7. The highest BCUT2D eigenvalue weighted by Crippen LogP contribution is 2.66. The summed E-state index contributed by atoms with van der Waals surface area (Å²) in [6.45, 7) is 0. The van der Waals surface area contributed by atoms with Crippen molar-refractivity contribution in [3.63, 3.8) is 0 Å². The Labute approximate surface area is 226 Å². The summed E-state index contributed by atoms with van der Waals surface area (Å²) in [6, 6.07) is 37.4. The van der Waals surface area contributed by atoms with E-state index in [4.69, 9.17) is 0 Å². The Morgan fingerprint density at radius 2 is 1.23 bits per heavy atom. The molecule has 0 saturated heterocycles. The van der Waals surface area contributed by atoms with Crippen LogP contribution in [-0.4, -0.2) is 9.13 Å². The van der Waals surface area contributed by atoms with E-state index in [9.17, 15) is 0 Å². The molecule has 2 aromatic heterocycles. The Bertz CT molecular complexity index is 2260. The lowest BCUT2D eigenvalue weighted by Crippen LogP contribution is -2.49. The van der Waals surface area contributed by atoms with Crippen LogP contribution < -0.4 is 0 Å². The molecule has 0 N–H and O–H groups in total. The van der Waals surface area contributed by atoms with Gasteiger partial charge >= 0.3 is 0 Å². The Morgan fingerprint density at radius 3 is 2.03 bits per heavy atom. The lowest BCUT2D eigenvalue weighted by Gasteiger charge is -2.53. The maximum atomic E-state index is 2.63. The van der Waals surface area contributed by atoms with Crippen molar-refractivity contribution < 1.29 is 0 Å². The molecule has 7 aromatic rings. The molecule has 1 spiro atoms. The van der Waals surface area contributed by atoms with E-state index in [2.05, 4.69) is 106 Å². The van der Waals surface area contributed by atoms with Gasteiger partial charge in [-0.3, -0.25) is 0 Å². The third-order valence-electron chi connectivity index (χ3n) is 11.0. The zero-order chi connectivity index (χ0) is 25.0. The summed E-state index contributed by atoms with van der Waals surface area (Å²) >= 11 is 0. The lowest BCUT2D eigenvalue weighted by molar-refractivity contribution is 0.260. The highest BCUT2D eigenvalue weighted by Gasteiger charge is 2.59. The van der Waals surface area contributed by atoms with E-state index in [0.29, 0.717) is 5.92 Å². The van der Waals surface area contributed by atoms with Crippen LogP contribution >= 0.6 is 0 Å². The van der Waals surface area contributed by atoms with Crippen LogP contribution in [-0.2, 0) is 11.8 Å². The van der Waals surface area contributed by atoms with Crippen molar-refractivity contribution in [1.82, 2.24) is 9.13 Å². The number of para-hydroxylation sites is 3. The normalized spacial score (nSPS) is 23.6. The number of rotatable bonds is 0. The molecule has 3 atom stereocenters. The first-order valence-electron chi connectivity index (χ1n) is 14.6. The summed E-state index contributed by atoms with van der Waals surface area (Å²) in [7, 11) is 0. The number of aromatic nitrogens is 2. The predicted octanol–water partition coefficient (Wildman–Crippen LogP) is 8.81. The summed E-state index contributed by atoms with van der Waals surface area (Å²) in [4.78, 5) is 0. The van der Waals surface area contributed by atoms with Crippen LogP contribution in [0.3, 0.4) is 0 Å². The standard InChI is InChI=1S/C37H26N2/c1-3-14-29-23(9-1)25-11-6-13-28-35(25)38(29)31-16-7-17-32-34(31)37(28)27-12-5-8-21(27)20-22-18-19-26-24-10-2-4-15-30(24)39(32)36(26)33(22)37/h1-4,6-7,9-11,13-19,21,27H,5,8,12,20H2. The number of hydrogen-bond acceptors (Lipinski definition) is 0. The first-order chi connectivity index (χ1) is 19.4. The zero-order valence-electron chi connectivity index (χ0n) is 21.6. The average molecular weight is 499 g/mol. The van der Waals surface area contributed by atoms with Gasteiger partial charge in [-0.05, 0) is 72.1 Å². The Balaban J connectivity index is 1.49. The van der Waals surface area contributed by atoms with Crippen molar-refractivity contribution in [1.29, 1.82) is 0 Å². The minimum atomic E-state index is -0.117. The van der Waals surface area contributed by atoms with Crippen LogP contribution in [0.1, 0.15) is 41.5 Å². The molecule has 0 amide bonds. The number of hydrogen-bond donors (Lipinski definition) is 0. The molecule has 0 radical (unpaired) electrons. The quantitative estimate of drug-likeness (QED) is 0.198. The average Bonchev–Trinajstić information content (AvgIpc) is 3.69. The van der Waals surface area contributed by atoms with Gasteiger partial charge in [0.25, 0.3) is 0 Å². The molecule has 2 nitrogen and oxygen atoms in total. The SMILES string of the molecule is c1cc2c3c(c1)-n1c4ccccc4c4ccc5c(c41)C3(c1cccc3c4ccccc4n-2c13)C1CCCC1C5. The fourth-order valence-electron chi connectivity index (χ4n) is 9.95. The number of fused-ring (bicyclic) bond motifs is 9. The summed E-state index contributed by atoms with van der Waals surface area (Å²) in [5.41, 5.74) is 14.5. The molecule has 4 aliphatic rings. The Morgan fingerprint density at radius 1 is 0.564 bits per heavy atom. The topological polar surface area (TPSA) is 9.86 Å². The molecule has 5 aromatic carbocycles. The van der Waals surface area contributed by atoms with Crippen LogP contribution in [0, 0.1) is 11.8 Å². The molecule has 1 fully saturated rings. The fourth-order valence-corrected chi connectivity index (χ4v) is 9.95. The van der Waals surface area contributed by atoms with Crippen molar-refractivity contribution in [3.8, 4) is 11.4 Å². The molecule has 4 heterocycles. The van der Waals surface area contributed by atoms with Crippen molar-refractivity contribution >= 4 is 43.6 Å². The van der Waals surface area contributed by atoms with Crippen molar-refractivity contribution in [2.45, 2.75) is 31.1 Å². The van der Waals surface area contributed by atoms with Crippen LogP contribution in [0.5, 0.6) is 0 Å². The van der Waals surface area contributed by atoms with Crippen molar-refractivity contribution in [2.75, 3.05) is 0 Å². The van der Waals surface area contributed by atoms with Gasteiger partial charge in [-0.25, -0.2) is 0 Å². The van der Waals surface area contributed by atoms with Gasteiger partial charge in [-0.15, -0.1) is 0 Å². The third-order valence-corrected chi connectivity index (χ3v) is 11.0. The smallest absolute Gasteiger partial charge is 0.0588 e. The molecular weight excluding hydrogens is 472 g/mol. The van der Waals surface area contributed by atoms with Crippen LogP contribution in [0.2, 0.25) is 0 Å². The highest BCUT2D eigenvalue weighted by atomic mass is 15.1. The summed E-state index contributed by atoms with van der Waals surface area (Å²) in [5, 5.41) is 5.55. The number of nitrogens with zero attached hydrogens (tertiary/aromatic N) is 2. The third kappa shape index (κ3) is 1.92. The van der Waals surface area contributed by atoms with Gasteiger partial charge in [0.15, 0.2) is 0 Å². The summed E-state index contributed by atoms with van der Waals surface area (Å²) < 4.78 is 5.24. The molecule has 11 rings (SSSR count). The van der Waals surface area contributed by atoms with Gasteiger partial charge in [-0.1, -0.05) is 79.2 Å². The minimum absolute atomic E-state index is 0.117. The Kier molecular flexibility index (Phi) is 3.18. The van der Waals surface area contributed by atoms with E-state index in [-0.39, 0.29) is 5.41 Å². The highest BCUT2D eigenvalue weighted by molar-refractivity contribution is 6.15. The predicted molar refractivity (Wildman–Crippen MR) is 160 cm³/mol. The molecule has 2 aliphatic carbocycles. The zero-order valence-corrected chi connectivity index (χ0v) is 21.6.